The fraction of sp³-hybridized carbons (Fsp3) is 0.292. The number of likely N-dealkylation sites (tertiary alicyclic amines) is 1. The molecule has 0 unspecified atom stereocenters. The van der Waals surface area contributed by atoms with Gasteiger partial charge in [-0.05, 0) is 53.9 Å². The molecule has 32 heavy (non-hydrogen) atoms. The van der Waals surface area contributed by atoms with Crippen LogP contribution in [0.25, 0.3) is 22.0 Å². The van der Waals surface area contributed by atoms with Gasteiger partial charge >= 0.3 is 0 Å². The van der Waals surface area contributed by atoms with Crippen LogP contribution in [-0.2, 0) is 18.3 Å². The van der Waals surface area contributed by atoms with E-state index in [4.69, 9.17) is 9.72 Å². The maximum absolute atomic E-state index is 5.78. The van der Waals surface area contributed by atoms with Crippen LogP contribution in [0.15, 0.2) is 59.5 Å². The summed E-state index contributed by atoms with van der Waals surface area (Å²) in [4.78, 5) is 11.8. The van der Waals surface area contributed by atoms with Gasteiger partial charge in [0.15, 0.2) is 0 Å². The first-order chi connectivity index (χ1) is 15.6. The molecule has 4 heterocycles. The quantitative estimate of drug-likeness (QED) is 0.443. The summed E-state index contributed by atoms with van der Waals surface area (Å²) in [6, 6.07) is 13.1. The highest BCUT2D eigenvalue weighted by molar-refractivity contribution is 9.10. The SMILES string of the molecule is Cn1cc(-c2cc(CN3C[C@@H]4C[C@H]3CO4)cc(Nc3ncc4cc(Br)ccc4n3)c2)cn1. The number of morpholine rings is 1. The minimum atomic E-state index is 0.394. The van der Waals surface area contributed by atoms with Crippen molar-refractivity contribution in [2.45, 2.75) is 25.1 Å². The maximum Gasteiger partial charge on any atom is 0.227 e. The van der Waals surface area contributed by atoms with Crippen molar-refractivity contribution in [2.24, 2.45) is 7.05 Å². The molecule has 0 amide bonds. The standard InChI is InChI=1S/C24H23BrN6O/c1-30-12-18(10-27-30)16-4-15(11-31-13-22-8-21(31)14-32-22)5-20(7-16)28-24-26-9-17-6-19(25)2-3-23(17)29-24/h2-7,9-10,12,21-22H,8,11,13-14H2,1H3,(H,26,28,29)/t21-,22-/m0/s1. The highest BCUT2D eigenvalue weighted by Crippen LogP contribution is 2.32. The molecular formula is C24H23BrN6O. The summed E-state index contributed by atoms with van der Waals surface area (Å²) in [5, 5.41) is 8.78. The molecule has 0 radical (unpaired) electrons. The Morgan fingerprint density at radius 1 is 1.16 bits per heavy atom. The first-order valence-electron chi connectivity index (χ1n) is 10.8. The van der Waals surface area contributed by atoms with Gasteiger partial charge in [-0.25, -0.2) is 9.97 Å². The molecule has 2 aromatic carbocycles. The van der Waals surface area contributed by atoms with E-state index in [2.05, 4.69) is 54.4 Å². The molecule has 2 saturated heterocycles. The number of aromatic nitrogens is 4. The Morgan fingerprint density at radius 2 is 2.09 bits per heavy atom. The van der Waals surface area contributed by atoms with E-state index in [-0.39, 0.29) is 0 Å². The fourth-order valence-electron chi connectivity index (χ4n) is 4.69. The van der Waals surface area contributed by atoms with Crippen molar-refractivity contribution in [1.82, 2.24) is 24.6 Å². The number of benzene rings is 2. The van der Waals surface area contributed by atoms with E-state index < -0.39 is 0 Å². The molecule has 2 atom stereocenters. The van der Waals surface area contributed by atoms with Crippen molar-refractivity contribution >= 4 is 38.5 Å². The van der Waals surface area contributed by atoms with Gasteiger partial charge in [0.05, 0.1) is 24.4 Å². The summed E-state index contributed by atoms with van der Waals surface area (Å²) in [6.45, 7) is 2.76. The second kappa shape index (κ2) is 7.95. The lowest BCUT2D eigenvalue weighted by Gasteiger charge is -2.27. The minimum absolute atomic E-state index is 0.394. The van der Waals surface area contributed by atoms with Gasteiger partial charge in [-0.3, -0.25) is 9.58 Å². The van der Waals surface area contributed by atoms with Crippen molar-refractivity contribution in [1.29, 1.82) is 0 Å². The molecule has 2 bridgehead atoms. The van der Waals surface area contributed by atoms with Gasteiger partial charge in [0, 0.05) is 59.7 Å². The van der Waals surface area contributed by atoms with Crippen LogP contribution in [0.2, 0.25) is 0 Å². The predicted octanol–water partition coefficient (Wildman–Crippen LogP) is 4.51. The van der Waals surface area contributed by atoms with Gasteiger partial charge in [-0.15, -0.1) is 0 Å². The Bertz CT molecular complexity index is 1300. The number of hydrogen-bond acceptors (Lipinski definition) is 6. The van der Waals surface area contributed by atoms with Crippen molar-refractivity contribution in [3.63, 3.8) is 0 Å². The van der Waals surface area contributed by atoms with Crippen LogP contribution >= 0.6 is 15.9 Å². The van der Waals surface area contributed by atoms with E-state index in [1.165, 1.54) is 5.56 Å². The smallest absolute Gasteiger partial charge is 0.227 e. The Labute approximate surface area is 194 Å². The molecule has 2 aliphatic heterocycles. The first kappa shape index (κ1) is 19.8. The van der Waals surface area contributed by atoms with Crippen LogP contribution < -0.4 is 5.32 Å². The summed E-state index contributed by atoms with van der Waals surface area (Å²) < 4.78 is 8.62. The van der Waals surface area contributed by atoms with Crippen molar-refractivity contribution in [3.8, 4) is 11.1 Å². The van der Waals surface area contributed by atoms with E-state index in [1.807, 2.05) is 48.5 Å². The molecule has 2 aliphatic rings. The normalized spacial score (nSPS) is 20.3. The lowest BCUT2D eigenvalue weighted by molar-refractivity contribution is 0.0273. The number of rotatable bonds is 5. The number of halogens is 1. The zero-order chi connectivity index (χ0) is 21.7. The molecule has 2 aromatic heterocycles. The van der Waals surface area contributed by atoms with Crippen molar-refractivity contribution < 1.29 is 4.74 Å². The average Bonchev–Trinajstić information content (AvgIpc) is 3.51. The average molecular weight is 491 g/mol. The number of nitrogens with one attached hydrogen (secondary N) is 1. The fourth-order valence-corrected chi connectivity index (χ4v) is 5.07. The minimum Gasteiger partial charge on any atom is -0.375 e. The third-order valence-electron chi connectivity index (χ3n) is 6.23. The Hall–Kier alpha value is -2.81. The molecule has 8 heteroatoms. The zero-order valence-electron chi connectivity index (χ0n) is 17.7. The number of hydrogen-bond donors (Lipinski definition) is 1. The number of fused-ring (bicyclic) bond motifs is 3. The Balaban J connectivity index is 1.33. The molecule has 4 aromatic rings. The Morgan fingerprint density at radius 3 is 2.88 bits per heavy atom. The molecule has 2 fully saturated rings. The first-order valence-corrected chi connectivity index (χ1v) is 11.6. The van der Waals surface area contributed by atoms with Gasteiger partial charge in [-0.2, -0.15) is 5.10 Å². The summed E-state index contributed by atoms with van der Waals surface area (Å²) in [6.07, 6.45) is 7.33. The van der Waals surface area contributed by atoms with Crippen LogP contribution in [0.5, 0.6) is 0 Å². The van der Waals surface area contributed by atoms with Crippen LogP contribution in [0.3, 0.4) is 0 Å². The van der Waals surface area contributed by atoms with E-state index in [0.717, 1.165) is 58.3 Å². The molecule has 0 aliphatic carbocycles. The predicted molar refractivity (Wildman–Crippen MR) is 128 cm³/mol. The van der Waals surface area contributed by atoms with E-state index in [9.17, 15) is 0 Å². The van der Waals surface area contributed by atoms with Crippen LogP contribution in [0, 0.1) is 0 Å². The molecular weight excluding hydrogens is 468 g/mol. The molecule has 162 valence electrons. The number of anilines is 2. The van der Waals surface area contributed by atoms with E-state index in [1.54, 1.807) is 0 Å². The van der Waals surface area contributed by atoms with Gasteiger partial charge < -0.3 is 10.1 Å². The van der Waals surface area contributed by atoms with Gasteiger partial charge in [0.25, 0.3) is 0 Å². The van der Waals surface area contributed by atoms with Crippen LogP contribution in [0.4, 0.5) is 11.6 Å². The largest absolute Gasteiger partial charge is 0.375 e. The summed E-state index contributed by atoms with van der Waals surface area (Å²) in [5.74, 6) is 0.586. The summed E-state index contributed by atoms with van der Waals surface area (Å²) in [5.41, 5.74) is 5.35. The molecule has 7 nitrogen and oxygen atoms in total. The van der Waals surface area contributed by atoms with Crippen molar-refractivity contribution in [3.05, 3.63) is 65.0 Å². The van der Waals surface area contributed by atoms with E-state index in [0.29, 0.717) is 18.1 Å². The maximum atomic E-state index is 5.78. The molecule has 1 N–H and O–H groups in total. The third kappa shape index (κ3) is 3.90. The Kier molecular flexibility index (Phi) is 4.93. The number of ether oxygens (including phenoxy) is 1. The molecule has 0 spiro atoms. The summed E-state index contributed by atoms with van der Waals surface area (Å²) >= 11 is 3.50. The van der Waals surface area contributed by atoms with E-state index >= 15 is 0 Å². The highest BCUT2D eigenvalue weighted by atomic mass is 79.9. The molecule has 6 rings (SSSR count). The van der Waals surface area contributed by atoms with Gasteiger partial charge in [-0.1, -0.05) is 15.9 Å². The number of nitrogens with zero attached hydrogens (tertiary/aromatic N) is 5. The third-order valence-corrected chi connectivity index (χ3v) is 6.72. The van der Waals surface area contributed by atoms with Gasteiger partial charge in [0.1, 0.15) is 0 Å². The second-order valence-corrected chi connectivity index (χ2v) is 9.53. The van der Waals surface area contributed by atoms with Crippen LogP contribution in [-0.4, -0.2) is 49.9 Å². The lowest BCUT2D eigenvalue weighted by Crippen LogP contribution is -2.36. The monoisotopic (exact) mass is 490 g/mol. The highest BCUT2D eigenvalue weighted by Gasteiger charge is 2.38. The lowest BCUT2D eigenvalue weighted by atomic mass is 10.0. The number of aryl methyl sites for hydroxylation is 1. The van der Waals surface area contributed by atoms with Crippen LogP contribution in [0.1, 0.15) is 12.0 Å². The van der Waals surface area contributed by atoms with Gasteiger partial charge in [0.2, 0.25) is 5.95 Å². The topological polar surface area (TPSA) is 68.1 Å². The summed E-state index contributed by atoms with van der Waals surface area (Å²) in [7, 11) is 1.94. The second-order valence-electron chi connectivity index (χ2n) is 8.62. The zero-order valence-corrected chi connectivity index (χ0v) is 19.3. The van der Waals surface area contributed by atoms with Crippen molar-refractivity contribution in [2.75, 3.05) is 18.5 Å². The molecule has 0 saturated carbocycles.